The first-order valence-electron chi connectivity index (χ1n) is 8.05. The molecule has 8 heteroatoms. The number of benzene rings is 1. The first kappa shape index (κ1) is 17.8. The SMILES string of the molecule is CC(=O)N[C@H]1[C@@H](OC(C)=O)[C@H]2OC(c3ccccc3)OCC2O[C@H]1O. The molecule has 2 N–H and O–H groups in total. The number of fused-ring (bicyclic) bond motifs is 1. The van der Waals surface area contributed by atoms with E-state index >= 15 is 0 Å². The van der Waals surface area contributed by atoms with Gasteiger partial charge in [-0.05, 0) is 0 Å². The molecule has 1 amide bonds. The molecule has 8 nitrogen and oxygen atoms in total. The van der Waals surface area contributed by atoms with Gasteiger partial charge in [-0.3, -0.25) is 9.59 Å². The van der Waals surface area contributed by atoms with Gasteiger partial charge in [0.25, 0.3) is 0 Å². The van der Waals surface area contributed by atoms with E-state index in [0.717, 1.165) is 5.56 Å². The molecule has 2 fully saturated rings. The van der Waals surface area contributed by atoms with Crippen LogP contribution in [0.4, 0.5) is 0 Å². The summed E-state index contributed by atoms with van der Waals surface area (Å²) in [4.78, 5) is 23.0. The number of aliphatic hydroxyl groups is 1. The molecule has 2 aliphatic heterocycles. The maximum absolute atomic E-state index is 11.5. The van der Waals surface area contributed by atoms with Crippen LogP contribution in [0.5, 0.6) is 0 Å². The lowest BCUT2D eigenvalue weighted by molar-refractivity contribution is -0.338. The molecule has 1 aromatic carbocycles. The maximum atomic E-state index is 11.5. The van der Waals surface area contributed by atoms with Gasteiger partial charge in [0.05, 0.1) is 6.61 Å². The van der Waals surface area contributed by atoms with Crippen molar-refractivity contribution in [3.8, 4) is 0 Å². The summed E-state index contributed by atoms with van der Waals surface area (Å²) in [7, 11) is 0. The first-order chi connectivity index (χ1) is 12.0. The first-order valence-corrected chi connectivity index (χ1v) is 8.05. The second-order valence-electron chi connectivity index (χ2n) is 6.04. The molecule has 2 heterocycles. The second-order valence-corrected chi connectivity index (χ2v) is 6.04. The van der Waals surface area contributed by atoms with Crippen molar-refractivity contribution >= 4 is 11.9 Å². The number of aliphatic hydroxyl groups excluding tert-OH is 1. The highest BCUT2D eigenvalue weighted by Crippen LogP contribution is 2.34. The van der Waals surface area contributed by atoms with Crippen LogP contribution in [0.1, 0.15) is 25.7 Å². The van der Waals surface area contributed by atoms with Crippen LogP contribution < -0.4 is 5.32 Å². The Balaban J connectivity index is 1.84. The van der Waals surface area contributed by atoms with Crippen LogP contribution >= 0.6 is 0 Å². The van der Waals surface area contributed by atoms with E-state index in [9.17, 15) is 14.7 Å². The lowest BCUT2D eigenvalue weighted by atomic mass is 9.95. The molecule has 2 saturated heterocycles. The molecule has 1 aromatic rings. The van der Waals surface area contributed by atoms with Crippen molar-refractivity contribution < 1.29 is 33.6 Å². The standard InChI is InChI=1S/C17H21NO7/c1-9(19)18-13-15(23-10(2)20)14-12(24-16(13)21)8-22-17(25-14)11-6-4-3-5-7-11/h3-7,12-17,21H,8H2,1-2H3,(H,18,19)/t12?,13-,14-,15+,16+,17?/m0/s1. The van der Waals surface area contributed by atoms with Gasteiger partial charge in [0.2, 0.25) is 5.91 Å². The average Bonchev–Trinajstić information content (AvgIpc) is 2.58. The Labute approximate surface area is 145 Å². The molecule has 6 atom stereocenters. The number of nitrogens with one attached hydrogen (secondary N) is 1. The van der Waals surface area contributed by atoms with Gasteiger partial charge < -0.3 is 29.4 Å². The fourth-order valence-electron chi connectivity index (χ4n) is 3.09. The van der Waals surface area contributed by atoms with Crippen molar-refractivity contribution in [1.82, 2.24) is 5.32 Å². The third kappa shape index (κ3) is 3.98. The van der Waals surface area contributed by atoms with E-state index in [2.05, 4.69) is 5.32 Å². The van der Waals surface area contributed by atoms with Crippen LogP contribution in [-0.2, 0) is 28.5 Å². The van der Waals surface area contributed by atoms with Gasteiger partial charge in [-0.1, -0.05) is 30.3 Å². The van der Waals surface area contributed by atoms with Crippen molar-refractivity contribution in [2.45, 2.75) is 50.8 Å². The number of esters is 1. The molecule has 136 valence electrons. The molecule has 3 rings (SSSR count). The molecule has 0 aromatic heterocycles. The smallest absolute Gasteiger partial charge is 0.303 e. The highest BCUT2D eigenvalue weighted by Gasteiger charge is 2.51. The van der Waals surface area contributed by atoms with Crippen molar-refractivity contribution in [2.75, 3.05) is 6.61 Å². The molecular formula is C17H21NO7. The predicted octanol–water partition coefficient (Wildman–Crippen LogP) is 0.254. The Morgan fingerprint density at radius 3 is 2.56 bits per heavy atom. The molecule has 2 aliphatic rings. The van der Waals surface area contributed by atoms with Crippen molar-refractivity contribution in [1.29, 1.82) is 0 Å². The van der Waals surface area contributed by atoms with Crippen LogP contribution in [0.25, 0.3) is 0 Å². The minimum absolute atomic E-state index is 0.159. The van der Waals surface area contributed by atoms with E-state index in [4.69, 9.17) is 18.9 Å². The van der Waals surface area contributed by atoms with Crippen molar-refractivity contribution in [3.63, 3.8) is 0 Å². The summed E-state index contributed by atoms with van der Waals surface area (Å²) in [6.45, 7) is 2.72. The predicted molar refractivity (Wildman–Crippen MR) is 84.0 cm³/mol. The lowest BCUT2D eigenvalue weighted by Gasteiger charge is -2.47. The summed E-state index contributed by atoms with van der Waals surface area (Å²) in [5.74, 6) is -0.922. The third-order valence-electron chi connectivity index (χ3n) is 4.10. The van der Waals surface area contributed by atoms with Gasteiger partial charge in [-0.25, -0.2) is 0 Å². The lowest BCUT2D eigenvalue weighted by Crippen LogP contribution is -2.67. The van der Waals surface area contributed by atoms with E-state index < -0.39 is 42.9 Å². The highest BCUT2D eigenvalue weighted by atomic mass is 16.7. The van der Waals surface area contributed by atoms with E-state index in [-0.39, 0.29) is 12.5 Å². The zero-order valence-electron chi connectivity index (χ0n) is 14.0. The number of hydrogen-bond acceptors (Lipinski definition) is 7. The number of hydrogen-bond donors (Lipinski definition) is 2. The Bertz CT molecular complexity index is 623. The van der Waals surface area contributed by atoms with Crippen LogP contribution in [-0.4, -0.2) is 54.2 Å². The number of amides is 1. The molecule has 0 aliphatic carbocycles. The zero-order chi connectivity index (χ0) is 18.0. The summed E-state index contributed by atoms with van der Waals surface area (Å²) < 4.78 is 22.5. The quantitative estimate of drug-likeness (QED) is 0.753. The molecule has 0 bridgehead atoms. The van der Waals surface area contributed by atoms with Gasteiger partial charge in [0, 0.05) is 19.4 Å². The molecule has 25 heavy (non-hydrogen) atoms. The Hall–Kier alpha value is -2.00. The average molecular weight is 351 g/mol. The van der Waals surface area contributed by atoms with E-state index in [1.54, 1.807) is 0 Å². The number of carbonyl (C=O) groups is 2. The van der Waals surface area contributed by atoms with Gasteiger partial charge in [-0.2, -0.15) is 0 Å². The Kier molecular flexibility index (Phi) is 5.33. The second kappa shape index (κ2) is 7.49. The topological polar surface area (TPSA) is 103 Å². The maximum Gasteiger partial charge on any atom is 0.303 e. The Morgan fingerprint density at radius 1 is 1.20 bits per heavy atom. The normalized spacial score (nSPS) is 34.7. The van der Waals surface area contributed by atoms with Crippen LogP contribution in [0.3, 0.4) is 0 Å². The molecule has 0 spiro atoms. The van der Waals surface area contributed by atoms with E-state index in [1.807, 2.05) is 30.3 Å². The van der Waals surface area contributed by atoms with Crippen molar-refractivity contribution in [2.24, 2.45) is 0 Å². The molecule has 0 radical (unpaired) electrons. The van der Waals surface area contributed by atoms with Crippen LogP contribution in [0.2, 0.25) is 0 Å². The summed E-state index contributed by atoms with van der Waals surface area (Å²) in [6, 6.07) is 8.38. The number of carbonyl (C=O) groups excluding carboxylic acids is 2. The third-order valence-corrected chi connectivity index (χ3v) is 4.10. The summed E-state index contributed by atoms with van der Waals surface area (Å²) in [5, 5.41) is 12.7. The van der Waals surface area contributed by atoms with Crippen LogP contribution in [0.15, 0.2) is 30.3 Å². The molecular weight excluding hydrogens is 330 g/mol. The molecule has 2 unspecified atom stereocenters. The summed E-state index contributed by atoms with van der Waals surface area (Å²) >= 11 is 0. The van der Waals surface area contributed by atoms with Gasteiger partial charge in [0.15, 0.2) is 18.7 Å². The summed E-state index contributed by atoms with van der Waals surface area (Å²) in [6.07, 6.45) is -4.20. The van der Waals surface area contributed by atoms with E-state index in [1.165, 1.54) is 13.8 Å². The Morgan fingerprint density at radius 2 is 1.92 bits per heavy atom. The van der Waals surface area contributed by atoms with Gasteiger partial charge in [-0.15, -0.1) is 0 Å². The fourth-order valence-corrected chi connectivity index (χ4v) is 3.09. The van der Waals surface area contributed by atoms with E-state index in [0.29, 0.717) is 0 Å². The highest BCUT2D eigenvalue weighted by molar-refractivity contribution is 5.73. The van der Waals surface area contributed by atoms with Gasteiger partial charge >= 0.3 is 5.97 Å². The number of rotatable bonds is 3. The minimum Gasteiger partial charge on any atom is -0.457 e. The number of ether oxygens (including phenoxy) is 4. The van der Waals surface area contributed by atoms with Crippen LogP contribution in [0, 0.1) is 0 Å². The minimum atomic E-state index is -1.34. The zero-order valence-corrected chi connectivity index (χ0v) is 14.0. The van der Waals surface area contributed by atoms with Crippen molar-refractivity contribution in [3.05, 3.63) is 35.9 Å². The summed E-state index contributed by atoms with van der Waals surface area (Å²) in [5.41, 5.74) is 0.810. The largest absolute Gasteiger partial charge is 0.457 e. The monoisotopic (exact) mass is 351 g/mol. The van der Waals surface area contributed by atoms with Gasteiger partial charge in [0.1, 0.15) is 18.2 Å². The molecule has 0 saturated carbocycles. The fraction of sp³-hybridized carbons (Fsp3) is 0.529.